The number of carbonyl (C=O) groups excluding carboxylic acids is 1. The van der Waals surface area contributed by atoms with Crippen molar-refractivity contribution in [2.75, 3.05) is 7.11 Å². The molecule has 2 aromatic carbocycles. The summed E-state index contributed by atoms with van der Waals surface area (Å²) in [6.07, 6.45) is -13.4. The van der Waals surface area contributed by atoms with Gasteiger partial charge in [0.1, 0.15) is 5.75 Å². The van der Waals surface area contributed by atoms with Crippen LogP contribution in [0, 0.1) is 0 Å². The minimum atomic E-state index is -5.08. The maximum absolute atomic E-state index is 13.7. The fraction of sp³-hybridized carbons (Fsp3) is 0.269. The molecule has 0 fully saturated rings. The molecule has 0 spiro atoms. The minimum absolute atomic E-state index is 0.00798. The molecule has 2 amide bonds. The van der Waals surface area contributed by atoms with Gasteiger partial charge in [0.05, 0.1) is 36.0 Å². The highest BCUT2D eigenvalue weighted by Crippen LogP contribution is 2.36. The fourth-order valence-corrected chi connectivity index (χ4v) is 3.42. The average Bonchev–Trinajstić information content (AvgIpc) is 2.90. The molecule has 1 heterocycles. The lowest BCUT2D eigenvalue weighted by Crippen LogP contribution is -2.40. The second kappa shape index (κ2) is 13.4. The summed E-state index contributed by atoms with van der Waals surface area (Å²) in [6.45, 7) is 1.66. The Bertz CT molecular complexity index is 1360. The first kappa shape index (κ1) is 33.7. The van der Waals surface area contributed by atoms with E-state index in [0.717, 1.165) is 42.6 Å². The lowest BCUT2D eigenvalue weighted by Gasteiger charge is -2.24. The van der Waals surface area contributed by atoms with Crippen molar-refractivity contribution in [2.24, 2.45) is 0 Å². The molecule has 7 nitrogen and oxygen atoms in total. The van der Waals surface area contributed by atoms with Gasteiger partial charge in [0, 0.05) is 6.20 Å². The number of aromatic nitrogens is 1. The van der Waals surface area contributed by atoms with E-state index in [1.807, 2.05) is 0 Å². The van der Waals surface area contributed by atoms with Gasteiger partial charge in [0.2, 0.25) is 0 Å². The number of nitrogens with zero attached hydrogens (tertiary/aromatic N) is 1. The Morgan fingerprint density at radius 3 is 1.93 bits per heavy atom. The number of amides is 2. The van der Waals surface area contributed by atoms with E-state index in [2.05, 4.69) is 15.6 Å². The van der Waals surface area contributed by atoms with Crippen LogP contribution in [0.1, 0.15) is 47.0 Å². The van der Waals surface area contributed by atoms with E-state index in [9.17, 15) is 44.3 Å². The van der Waals surface area contributed by atoms with Crippen LogP contribution in [0.2, 0.25) is 0 Å². The fourth-order valence-electron chi connectivity index (χ4n) is 3.42. The Morgan fingerprint density at radius 1 is 0.833 bits per heavy atom. The number of carboxylic acids is 1. The van der Waals surface area contributed by atoms with E-state index in [1.54, 1.807) is 31.2 Å². The summed E-state index contributed by atoms with van der Waals surface area (Å²) in [6, 6.07) is 9.28. The highest BCUT2D eigenvalue weighted by atomic mass is 19.4. The molecule has 3 aromatic rings. The smallest absolute Gasteiger partial charge is 0.490 e. The number of ether oxygens (including phenoxy) is 1. The highest BCUT2D eigenvalue weighted by Gasteiger charge is 2.39. The van der Waals surface area contributed by atoms with Crippen LogP contribution >= 0.6 is 0 Å². The van der Waals surface area contributed by atoms with Gasteiger partial charge in [-0.2, -0.15) is 39.5 Å². The number of rotatable bonds is 6. The summed E-state index contributed by atoms with van der Waals surface area (Å²) < 4.78 is 117. The SMILES string of the molecule is COc1cccc([C@H](C)NC(=O)N[C@@H](c2ccc(C(F)(F)F)cc2)c2ncccc2C(F)(F)F)c1.O=C(O)C(F)(F)F. The number of urea groups is 1. The molecule has 1 aromatic heterocycles. The standard InChI is InChI=1S/C24H21F6N3O2.C2HF3O2/c1-14(16-5-3-6-18(13-16)35-2)32-22(34)33-20(15-8-10-17(11-9-15)23(25,26)27)21-19(24(28,29)30)7-4-12-31-21;3-2(4,5)1(6)7/h3-14,20H,1-2H3,(H2,32,33,34);(H,6,7)/t14-,20-;/m0./s1. The zero-order valence-electron chi connectivity index (χ0n) is 21.5. The average molecular weight is 611 g/mol. The Kier molecular flexibility index (Phi) is 10.8. The van der Waals surface area contributed by atoms with Crippen LogP contribution in [0.4, 0.5) is 44.3 Å². The van der Waals surface area contributed by atoms with E-state index in [1.165, 1.54) is 7.11 Å². The molecule has 0 saturated heterocycles. The summed E-state index contributed by atoms with van der Waals surface area (Å²) in [5, 5.41) is 12.2. The van der Waals surface area contributed by atoms with Crippen LogP contribution < -0.4 is 15.4 Å². The third-order valence-electron chi connectivity index (χ3n) is 5.45. The van der Waals surface area contributed by atoms with Gasteiger partial charge >= 0.3 is 30.5 Å². The first-order valence-electron chi connectivity index (χ1n) is 11.5. The third-order valence-corrected chi connectivity index (χ3v) is 5.45. The molecule has 0 radical (unpaired) electrons. The van der Waals surface area contributed by atoms with Gasteiger partial charge in [-0.15, -0.1) is 0 Å². The van der Waals surface area contributed by atoms with E-state index in [-0.39, 0.29) is 5.56 Å². The highest BCUT2D eigenvalue weighted by molar-refractivity contribution is 5.75. The van der Waals surface area contributed by atoms with Crippen molar-refractivity contribution in [3.63, 3.8) is 0 Å². The molecule has 3 rings (SSSR count). The van der Waals surface area contributed by atoms with Crippen LogP contribution in [0.15, 0.2) is 66.9 Å². The summed E-state index contributed by atoms with van der Waals surface area (Å²) in [7, 11) is 1.48. The molecule has 42 heavy (non-hydrogen) atoms. The molecule has 0 bridgehead atoms. The zero-order chi connectivity index (χ0) is 31.9. The summed E-state index contributed by atoms with van der Waals surface area (Å²) >= 11 is 0. The molecule has 16 heteroatoms. The quantitative estimate of drug-likeness (QED) is 0.263. The molecule has 0 saturated carbocycles. The number of halogens is 9. The molecule has 0 aliphatic rings. The Morgan fingerprint density at radius 2 is 1.43 bits per heavy atom. The van der Waals surface area contributed by atoms with Gasteiger partial charge in [0.15, 0.2) is 0 Å². The first-order valence-corrected chi connectivity index (χ1v) is 11.5. The topological polar surface area (TPSA) is 101 Å². The van der Waals surface area contributed by atoms with Crippen molar-refractivity contribution >= 4 is 12.0 Å². The van der Waals surface area contributed by atoms with E-state index >= 15 is 0 Å². The van der Waals surface area contributed by atoms with Crippen molar-refractivity contribution in [1.82, 2.24) is 15.6 Å². The van der Waals surface area contributed by atoms with E-state index in [0.29, 0.717) is 11.3 Å². The van der Waals surface area contributed by atoms with Crippen LogP contribution in [-0.2, 0) is 17.1 Å². The lowest BCUT2D eigenvalue weighted by atomic mass is 9.98. The van der Waals surface area contributed by atoms with Crippen LogP contribution in [-0.4, -0.2) is 35.4 Å². The zero-order valence-corrected chi connectivity index (χ0v) is 21.5. The molecule has 0 aliphatic heterocycles. The summed E-state index contributed by atoms with van der Waals surface area (Å²) in [5.74, 6) is -2.21. The Hall–Kier alpha value is -4.50. The van der Waals surface area contributed by atoms with Gasteiger partial charge in [-0.1, -0.05) is 24.3 Å². The molecular weight excluding hydrogens is 589 g/mol. The molecular formula is C26H22F9N3O4. The number of benzene rings is 2. The Labute approximate surface area is 232 Å². The number of pyridine rings is 1. The number of carboxylic acid groups (broad SMARTS) is 1. The lowest BCUT2D eigenvalue weighted by molar-refractivity contribution is -0.192. The number of alkyl halides is 9. The van der Waals surface area contributed by atoms with Crippen molar-refractivity contribution < 1.29 is 58.9 Å². The van der Waals surface area contributed by atoms with Crippen molar-refractivity contribution in [3.8, 4) is 5.75 Å². The monoisotopic (exact) mass is 611 g/mol. The third kappa shape index (κ3) is 9.55. The van der Waals surface area contributed by atoms with Gasteiger partial charge in [0.25, 0.3) is 0 Å². The number of carbonyl (C=O) groups is 2. The second-order valence-electron chi connectivity index (χ2n) is 8.41. The van der Waals surface area contributed by atoms with Crippen LogP contribution in [0.5, 0.6) is 5.75 Å². The van der Waals surface area contributed by atoms with Gasteiger partial charge < -0.3 is 20.5 Å². The molecule has 2 atom stereocenters. The summed E-state index contributed by atoms with van der Waals surface area (Å²) in [4.78, 5) is 25.5. The predicted molar refractivity (Wildman–Crippen MR) is 129 cm³/mol. The number of aliphatic carboxylic acids is 1. The number of methoxy groups -OCH3 is 1. The largest absolute Gasteiger partial charge is 0.497 e. The number of hydrogen-bond donors (Lipinski definition) is 3. The molecule has 3 N–H and O–H groups in total. The van der Waals surface area contributed by atoms with Crippen molar-refractivity contribution in [3.05, 3.63) is 94.8 Å². The van der Waals surface area contributed by atoms with Crippen molar-refractivity contribution in [1.29, 1.82) is 0 Å². The van der Waals surface area contributed by atoms with Gasteiger partial charge in [-0.05, 0) is 54.4 Å². The van der Waals surface area contributed by atoms with E-state index in [4.69, 9.17) is 14.6 Å². The molecule has 228 valence electrons. The van der Waals surface area contributed by atoms with Gasteiger partial charge in [-0.25, -0.2) is 9.59 Å². The van der Waals surface area contributed by atoms with Gasteiger partial charge in [-0.3, -0.25) is 4.98 Å². The first-order chi connectivity index (χ1) is 19.3. The molecule has 0 aliphatic carbocycles. The van der Waals surface area contributed by atoms with Crippen LogP contribution in [0.25, 0.3) is 0 Å². The normalized spacial score (nSPS) is 13.2. The number of hydrogen-bond acceptors (Lipinski definition) is 4. The maximum Gasteiger partial charge on any atom is 0.490 e. The summed E-state index contributed by atoms with van der Waals surface area (Å²) in [5.41, 5.74) is -1.99. The minimum Gasteiger partial charge on any atom is -0.497 e. The maximum atomic E-state index is 13.7. The van der Waals surface area contributed by atoms with Crippen LogP contribution in [0.3, 0.4) is 0 Å². The molecule has 0 unspecified atom stereocenters. The second-order valence-corrected chi connectivity index (χ2v) is 8.41. The van der Waals surface area contributed by atoms with E-state index < -0.39 is 59.4 Å². The number of nitrogens with one attached hydrogen (secondary N) is 2. The Balaban J connectivity index is 0.000000782. The van der Waals surface area contributed by atoms with Crippen molar-refractivity contribution in [2.45, 2.75) is 37.5 Å². The predicted octanol–water partition coefficient (Wildman–Crippen LogP) is 6.91.